The van der Waals surface area contributed by atoms with E-state index in [4.69, 9.17) is 0 Å². The molecule has 2 rings (SSSR count). The van der Waals surface area contributed by atoms with E-state index in [2.05, 4.69) is 47.6 Å². The molecule has 0 aliphatic rings. The van der Waals surface area contributed by atoms with Crippen LogP contribution in [-0.2, 0) is 6.42 Å². The van der Waals surface area contributed by atoms with Gasteiger partial charge in [-0.15, -0.1) is 0 Å². The summed E-state index contributed by atoms with van der Waals surface area (Å²) < 4.78 is 0. The van der Waals surface area contributed by atoms with Crippen molar-refractivity contribution in [1.29, 1.82) is 0 Å². The van der Waals surface area contributed by atoms with Crippen LogP contribution >= 0.6 is 0 Å². The summed E-state index contributed by atoms with van der Waals surface area (Å²) in [7, 11) is 1.99. The lowest BCUT2D eigenvalue weighted by Crippen LogP contribution is -2.19. The minimum Gasteiger partial charge on any atom is -0.309 e. The predicted molar refractivity (Wildman–Crippen MR) is 71.0 cm³/mol. The Balaban J connectivity index is 2.42. The van der Waals surface area contributed by atoms with Gasteiger partial charge in [-0.25, -0.2) is 0 Å². The number of hydrogen-bond acceptors (Lipinski definition) is 2. The number of pyridine rings is 1. The molecule has 2 nitrogen and oxygen atoms in total. The van der Waals surface area contributed by atoms with E-state index in [1.807, 2.05) is 25.5 Å². The highest BCUT2D eigenvalue weighted by molar-refractivity contribution is 5.36. The number of nitrogens with zero attached hydrogens (tertiary/aromatic N) is 1. The van der Waals surface area contributed by atoms with Crippen molar-refractivity contribution in [1.82, 2.24) is 10.3 Å². The molecule has 2 aromatic rings. The Hall–Kier alpha value is -1.67. The molecule has 0 amide bonds. The van der Waals surface area contributed by atoms with E-state index in [1.54, 1.807) is 0 Å². The first-order valence-corrected chi connectivity index (χ1v) is 6.01. The molecule has 1 atom stereocenters. The SMILES string of the molecule is CCc1ccccc1C(NC)c1cccnc1. The van der Waals surface area contributed by atoms with Crippen molar-refractivity contribution >= 4 is 0 Å². The second kappa shape index (κ2) is 5.60. The van der Waals surface area contributed by atoms with E-state index in [-0.39, 0.29) is 6.04 Å². The van der Waals surface area contributed by atoms with Crippen LogP contribution in [0.3, 0.4) is 0 Å². The fourth-order valence-electron chi connectivity index (χ4n) is 2.19. The maximum Gasteiger partial charge on any atom is 0.0592 e. The summed E-state index contributed by atoms with van der Waals surface area (Å²) in [5.74, 6) is 0. The molecule has 1 heterocycles. The van der Waals surface area contributed by atoms with Gasteiger partial charge in [0.05, 0.1) is 6.04 Å². The number of nitrogens with one attached hydrogen (secondary N) is 1. The van der Waals surface area contributed by atoms with Crippen LogP contribution < -0.4 is 5.32 Å². The van der Waals surface area contributed by atoms with Crippen LogP contribution in [0, 0.1) is 0 Å². The molecule has 1 aromatic heterocycles. The summed E-state index contributed by atoms with van der Waals surface area (Å²) in [6.45, 7) is 2.19. The molecule has 1 aromatic carbocycles. The summed E-state index contributed by atoms with van der Waals surface area (Å²) >= 11 is 0. The Kier molecular flexibility index (Phi) is 3.89. The van der Waals surface area contributed by atoms with Crippen LogP contribution in [0.5, 0.6) is 0 Å². The zero-order chi connectivity index (χ0) is 12.1. The van der Waals surface area contributed by atoms with E-state index < -0.39 is 0 Å². The first-order chi connectivity index (χ1) is 8.36. The van der Waals surface area contributed by atoms with E-state index in [0.717, 1.165) is 6.42 Å². The highest BCUT2D eigenvalue weighted by atomic mass is 14.9. The van der Waals surface area contributed by atoms with Crippen molar-refractivity contribution in [2.75, 3.05) is 7.05 Å². The molecular formula is C15H18N2. The maximum atomic E-state index is 4.19. The van der Waals surface area contributed by atoms with E-state index in [0.29, 0.717) is 0 Å². The average Bonchev–Trinajstić information content (AvgIpc) is 2.41. The van der Waals surface area contributed by atoms with Gasteiger partial charge in [0.2, 0.25) is 0 Å². The monoisotopic (exact) mass is 226 g/mol. The number of aromatic nitrogens is 1. The highest BCUT2D eigenvalue weighted by Crippen LogP contribution is 2.24. The van der Waals surface area contributed by atoms with Crippen molar-refractivity contribution in [3.8, 4) is 0 Å². The molecule has 88 valence electrons. The Morgan fingerprint density at radius 3 is 2.65 bits per heavy atom. The van der Waals surface area contributed by atoms with Gasteiger partial charge < -0.3 is 5.32 Å². The molecule has 0 fully saturated rings. The third-order valence-electron chi connectivity index (χ3n) is 3.05. The van der Waals surface area contributed by atoms with E-state index >= 15 is 0 Å². The second-order valence-corrected chi connectivity index (χ2v) is 4.06. The van der Waals surface area contributed by atoms with Crippen molar-refractivity contribution in [3.05, 3.63) is 65.5 Å². The maximum absolute atomic E-state index is 4.19. The van der Waals surface area contributed by atoms with Gasteiger partial charge in [-0.05, 0) is 36.2 Å². The number of benzene rings is 1. The van der Waals surface area contributed by atoms with Gasteiger partial charge in [0.15, 0.2) is 0 Å². The Bertz CT molecular complexity index is 465. The van der Waals surface area contributed by atoms with E-state index in [1.165, 1.54) is 16.7 Å². The largest absolute Gasteiger partial charge is 0.309 e. The van der Waals surface area contributed by atoms with Crippen LogP contribution in [0.1, 0.15) is 29.7 Å². The summed E-state index contributed by atoms with van der Waals surface area (Å²) in [4.78, 5) is 4.19. The lowest BCUT2D eigenvalue weighted by atomic mass is 9.94. The van der Waals surface area contributed by atoms with Gasteiger partial charge >= 0.3 is 0 Å². The first kappa shape index (κ1) is 11.8. The molecule has 17 heavy (non-hydrogen) atoms. The summed E-state index contributed by atoms with van der Waals surface area (Å²) in [5.41, 5.74) is 3.93. The molecule has 0 aliphatic heterocycles. The molecule has 2 heteroatoms. The van der Waals surface area contributed by atoms with Gasteiger partial charge in [-0.2, -0.15) is 0 Å². The van der Waals surface area contributed by atoms with Gasteiger partial charge in [-0.3, -0.25) is 4.98 Å². The smallest absolute Gasteiger partial charge is 0.0592 e. The predicted octanol–water partition coefficient (Wildman–Crippen LogP) is 2.95. The van der Waals surface area contributed by atoms with Crippen molar-refractivity contribution in [2.24, 2.45) is 0 Å². The second-order valence-electron chi connectivity index (χ2n) is 4.06. The minimum absolute atomic E-state index is 0.222. The Labute approximate surface area is 103 Å². The normalized spacial score (nSPS) is 12.4. The van der Waals surface area contributed by atoms with Gasteiger partial charge in [-0.1, -0.05) is 37.3 Å². The van der Waals surface area contributed by atoms with Crippen LogP contribution in [0.2, 0.25) is 0 Å². The van der Waals surface area contributed by atoms with Crippen LogP contribution in [-0.4, -0.2) is 12.0 Å². The molecule has 0 bridgehead atoms. The molecule has 0 spiro atoms. The Morgan fingerprint density at radius 2 is 2.00 bits per heavy atom. The molecule has 0 radical (unpaired) electrons. The summed E-state index contributed by atoms with van der Waals surface area (Å²) in [5, 5.41) is 3.37. The molecule has 0 saturated carbocycles. The number of hydrogen-bond donors (Lipinski definition) is 1. The lowest BCUT2D eigenvalue weighted by molar-refractivity contribution is 0.681. The van der Waals surface area contributed by atoms with Crippen molar-refractivity contribution in [2.45, 2.75) is 19.4 Å². The van der Waals surface area contributed by atoms with Crippen molar-refractivity contribution in [3.63, 3.8) is 0 Å². The highest BCUT2D eigenvalue weighted by Gasteiger charge is 2.14. The summed E-state index contributed by atoms with van der Waals surface area (Å²) in [6, 6.07) is 12.9. The van der Waals surface area contributed by atoms with Crippen LogP contribution in [0.4, 0.5) is 0 Å². The Morgan fingerprint density at radius 1 is 1.18 bits per heavy atom. The standard InChI is InChI=1S/C15H18N2/c1-3-12-7-4-5-9-14(12)15(16-2)13-8-6-10-17-11-13/h4-11,15-16H,3H2,1-2H3. The van der Waals surface area contributed by atoms with Gasteiger partial charge in [0.1, 0.15) is 0 Å². The topological polar surface area (TPSA) is 24.9 Å². The fraction of sp³-hybridized carbons (Fsp3) is 0.267. The van der Waals surface area contributed by atoms with E-state index in [9.17, 15) is 0 Å². The first-order valence-electron chi connectivity index (χ1n) is 6.01. The molecular weight excluding hydrogens is 208 g/mol. The molecule has 0 aliphatic carbocycles. The third kappa shape index (κ3) is 2.53. The van der Waals surface area contributed by atoms with Crippen molar-refractivity contribution < 1.29 is 0 Å². The third-order valence-corrected chi connectivity index (χ3v) is 3.05. The number of aryl methyl sites for hydroxylation is 1. The molecule has 1 N–H and O–H groups in total. The lowest BCUT2D eigenvalue weighted by Gasteiger charge is -2.19. The van der Waals surface area contributed by atoms with Crippen LogP contribution in [0.25, 0.3) is 0 Å². The van der Waals surface area contributed by atoms with Gasteiger partial charge in [0, 0.05) is 12.4 Å². The molecule has 0 saturated heterocycles. The fourth-order valence-corrected chi connectivity index (χ4v) is 2.19. The summed E-state index contributed by atoms with van der Waals surface area (Å²) in [6.07, 6.45) is 4.78. The minimum atomic E-state index is 0.222. The average molecular weight is 226 g/mol. The zero-order valence-electron chi connectivity index (χ0n) is 10.4. The quantitative estimate of drug-likeness (QED) is 0.867. The van der Waals surface area contributed by atoms with Crippen LogP contribution in [0.15, 0.2) is 48.8 Å². The molecule has 1 unspecified atom stereocenters. The zero-order valence-corrected chi connectivity index (χ0v) is 10.4. The number of rotatable bonds is 4. The van der Waals surface area contributed by atoms with Gasteiger partial charge in [0.25, 0.3) is 0 Å².